The molecule has 6 nitrogen and oxygen atoms in total. The third-order valence-electron chi connectivity index (χ3n) is 4.63. The van der Waals surface area contributed by atoms with Gasteiger partial charge in [0.15, 0.2) is 5.96 Å². The Labute approximate surface area is 165 Å². The molecule has 7 heteroatoms. The van der Waals surface area contributed by atoms with Gasteiger partial charge in [0, 0.05) is 31.1 Å². The molecular weight excluding hydrogens is 358 g/mol. The molecule has 1 aliphatic rings. The molecule has 0 amide bonds. The lowest BCUT2D eigenvalue weighted by Gasteiger charge is -2.27. The molecule has 3 rings (SSSR count). The van der Waals surface area contributed by atoms with Crippen LogP contribution in [0.25, 0.3) is 0 Å². The summed E-state index contributed by atoms with van der Waals surface area (Å²) in [6, 6.07) is 8.59. The molecular formula is C20H29N5OS. The molecule has 0 atom stereocenters. The highest BCUT2D eigenvalue weighted by atomic mass is 32.1. The number of hydrogen-bond donors (Lipinski definition) is 2. The molecule has 0 unspecified atom stereocenters. The van der Waals surface area contributed by atoms with E-state index in [9.17, 15) is 0 Å². The van der Waals surface area contributed by atoms with Crippen molar-refractivity contribution in [3.8, 4) is 0 Å². The number of ether oxygens (including phenoxy) is 1. The van der Waals surface area contributed by atoms with Crippen LogP contribution in [0.5, 0.6) is 0 Å². The van der Waals surface area contributed by atoms with Gasteiger partial charge in [-0.15, -0.1) is 11.3 Å². The van der Waals surface area contributed by atoms with Gasteiger partial charge in [-0.1, -0.05) is 24.3 Å². The van der Waals surface area contributed by atoms with E-state index in [1.807, 2.05) is 12.4 Å². The van der Waals surface area contributed by atoms with Crippen molar-refractivity contribution in [1.82, 2.24) is 20.5 Å². The lowest BCUT2D eigenvalue weighted by molar-refractivity contribution is 0.0341. The molecule has 1 aliphatic heterocycles. The van der Waals surface area contributed by atoms with Gasteiger partial charge in [-0.25, -0.2) is 9.98 Å². The van der Waals surface area contributed by atoms with Crippen molar-refractivity contribution < 1.29 is 4.74 Å². The maximum atomic E-state index is 5.46. The Bertz CT molecular complexity index is 739. The Morgan fingerprint density at radius 3 is 2.70 bits per heavy atom. The fourth-order valence-electron chi connectivity index (χ4n) is 3.03. The molecule has 0 aliphatic carbocycles. The van der Waals surface area contributed by atoms with Crippen molar-refractivity contribution in [2.75, 3.05) is 32.8 Å². The first-order chi connectivity index (χ1) is 13.3. The minimum Gasteiger partial charge on any atom is -0.379 e. The number of hydrogen-bond acceptors (Lipinski definition) is 5. The Morgan fingerprint density at radius 2 is 2.00 bits per heavy atom. The van der Waals surface area contributed by atoms with E-state index in [0.29, 0.717) is 6.54 Å². The van der Waals surface area contributed by atoms with E-state index in [-0.39, 0.29) is 0 Å². The summed E-state index contributed by atoms with van der Waals surface area (Å²) in [4.78, 5) is 12.8. The normalized spacial score (nSPS) is 15.7. The highest BCUT2D eigenvalue weighted by Gasteiger charge is 2.12. The monoisotopic (exact) mass is 387 g/mol. The molecule has 0 radical (unpaired) electrons. The molecule has 0 spiro atoms. The quantitative estimate of drug-likeness (QED) is 0.565. The first kappa shape index (κ1) is 19.8. The van der Waals surface area contributed by atoms with E-state index in [4.69, 9.17) is 9.73 Å². The minimum absolute atomic E-state index is 0.664. The van der Waals surface area contributed by atoms with Crippen molar-refractivity contribution in [3.05, 3.63) is 51.5 Å². The summed E-state index contributed by atoms with van der Waals surface area (Å²) >= 11 is 1.67. The number of benzene rings is 1. The molecule has 1 saturated heterocycles. The van der Waals surface area contributed by atoms with E-state index >= 15 is 0 Å². The van der Waals surface area contributed by atoms with Crippen molar-refractivity contribution in [3.63, 3.8) is 0 Å². The van der Waals surface area contributed by atoms with Crippen molar-refractivity contribution in [1.29, 1.82) is 0 Å². The third-order valence-corrected chi connectivity index (χ3v) is 5.56. The number of morpholine rings is 1. The molecule has 0 saturated carbocycles. The fraction of sp³-hybridized carbons (Fsp3) is 0.500. The zero-order valence-corrected chi connectivity index (χ0v) is 17.0. The van der Waals surface area contributed by atoms with Gasteiger partial charge in [-0.2, -0.15) is 0 Å². The predicted octanol–water partition coefficient (Wildman–Crippen LogP) is 2.54. The smallest absolute Gasteiger partial charge is 0.191 e. The summed E-state index contributed by atoms with van der Waals surface area (Å²) in [5.74, 6) is 0.839. The number of nitrogens with one attached hydrogen (secondary N) is 2. The standard InChI is InChI=1S/C20H29N5OS/c1-3-21-20(23-13-19-16(2)24-15-27-19)22-12-17-6-4-5-7-18(17)14-25-8-10-26-11-9-25/h4-7,15H,3,8-14H2,1-2H3,(H2,21,22,23). The number of aliphatic imine (C=N–C) groups is 1. The number of nitrogens with zero attached hydrogens (tertiary/aromatic N) is 3. The second-order valence-electron chi connectivity index (χ2n) is 6.57. The zero-order valence-electron chi connectivity index (χ0n) is 16.2. The van der Waals surface area contributed by atoms with Gasteiger partial charge in [0.1, 0.15) is 0 Å². The van der Waals surface area contributed by atoms with Gasteiger partial charge >= 0.3 is 0 Å². The average Bonchev–Trinajstić information content (AvgIpc) is 3.11. The maximum absolute atomic E-state index is 5.46. The van der Waals surface area contributed by atoms with Gasteiger partial charge in [-0.3, -0.25) is 4.90 Å². The van der Waals surface area contributed by atoms with E-state index in [0.717, 1.165) is 57.6 Å². The number of aromatic nitrogens is 1. The van der Waals surface area contributed by atoms with Gasteiger partial charge < -0.3 is 15.4 Å². The molecule has 1 aromatic carbocycles. The van der Waals surface area contributed by atoms with Gasteiger partial charge in [0.25, 0.3) is 0 Å². The summed E-state index contributed by atoms with van der Waals surface area (Å²) in [5, 5.41) is 6.75. The van der Waals surface area contributed by atoms with Crippen LogP contribution < -0.4 is 10.6 Å². The van der Waals surface area contributed by atoms with Gasteiger partial charge in [0.2, 0.25) is 0 Å². The molecule has 0 bridgehead atoms. The van der Waals surface area contributed by atoms with Crippen LogP contribution in [0, 0.1) is 6.92 Å². The Kier molecular flexibility index (Phi) is 7.62. The number of guanidine groups is 1. The number of aryl methyl sites for hydroxylation is 1. The lowest BCUT2D eigenvalue weighted by Crippen LogP contribution is -2.37. The summed E-state index contributed by atoms with van der Waals surface area (Å²) in [6.45, 7) is 11.0. The molecule has 146 valence electrons. The zero-order chi connectivity index (χ0) is 18.9. The largest absolute Gasteiger partial charge is 0.379 e. The lowest BCUT2D eigenvalue weighted by atomic mass is 10.1. The van der Waals surface area contributed by atoms with E-state index in [1.54, 1.807) is 11.3 Å². The Balaban J connectivity index is 1.63. The summed E-state index contributed by atoms with van der Waals surface area (Å²) in [6.07, 6.45) is 0. The van der Waals surface area contributed by atoms with Crippen LogP contribution >= 0.6 is 11.3 Å². The molecule has 2 aromatic rings. The number of rotatable bonds is 7. The van der Waals surface area contributed by atoms with Crippen molar-refractivity contribution in [2.24, 2.45) is 4.99 Å². The highest BCUT2D eigenvalue weighted by Crippen LogP contribution is 2.14. The first-order valence-corrected chi connectivity index (χ1v) is 10.4. The first-order valence-electron chi connectivity index (χ1n) is 9.54. The fourth-order valence-corrected chi connectivity index (χ4v) is 3.75. The van der Waals surface area contributed by atoms with Gasteiger partial charge in [0.05, 0.1) is 37.5 Å². The van der Waals surface area contributed by atoms with Crippen LogP contribution in [0.2, 0.25) is 0 Å². The maximum Gasteiger partial charge on any atom is 0.191 e. The summed E-state index contributed by atoms with van der Waals surface area (Å²) in [5.41, 5.74) is 5.59. The topological polar surface area (TPSA) is 61.8 Å². The Hall–Kier alpha value is -1.96. The molecule has 27 heavy (non-hydrogen) atoms. The second kappa shape index (κ2) is 10.4. The minimum atomic E-state index is 0.664. The summed E-state index contributed by atoms with van der Waals surface area (Å²) in [7, 11) is 0. The van der Waals surface area contributed by atoms with Crippen LogP contribution in [-0.2, 0) is 24.4 Å². The van der Waals surface area contributed by atoms with Crippen LogP contribution in [0.15, 0.2) is 34.8 Å². The van der Waals surface area contributed by atoms with Crippen LogP contribution in [0.3, 0.4) is 0 Å². The SMILES string of the molecule is CCNC(=NCc1ccccc1CN1CCOCC1)NCc1scnc1C. The van der Waals surface area contributed by atoms with Gasteiger partial charge in [-0.05, 0) is 25.0 Å². The van der Waals surface area contributed by atoms with Crippen LogP contribution in [0.4, 0.5) is 0 Å². The van der Waals surface area contributed by atoms with Crippen LogP contribution in [0.1, 0.15) is 28.6 Å². The number of thiazole rings is 1. The Morgan fingerprint density at radius 1 is 1.22 bits per heavy atom. The van der Waals surface area contributed by atoms with E-state index in [1.165, 1.54) is 16.0 Å². The predicted molar refractivity (Wildman–Crippen MR) is 111 cm³/mol. The highest BCUT2D eigenvalue weighted by molar-refractivity contribution is 7.09. The van der Waals surface area contributed by atoms with Crippen LogP contribution in [-0.4, -0.2) is 48.7 Å². The van der Waals surface area contributed by atoms with Crippen molar-refractivity contribution >= 4 is 17.3 Å². The van der Waals surface area contributed by atoms with Crippen molar-refractivity contribution in [2.45, 2.75) is 33.5 Å². The second-order valence-corrected chi connectivity index (χ2v) is 7.51. The molecule has 2 heterocycles. The van der Waals surface area contributed by atoms with E-state index < -0.39 is 0 Å². The molecule has 1 aromatic heterocycles. The summed E-state index contributed by atoms with van der Waals surface area (Å²) < 4.78 is 5.46. The molecule has 2 N–H and O–H groups in total. The van der Waals surface area contributed by atoms with E-state index in [2.05, 4.69) is 51.7 Å². The molecule has 1 fully saturated rings. The third kappa shape index (κ3) is 6.02. The average molecular weight is 388 g/mol.